The Balaban J connectivity index is 1.09. The molecule has 0 saturated heterocycles. The first-order valence-corrected chi connectivity index (χ1v) is 18.3. The standard InChI is InChI=1S/C48H30N2S/c1-3-12-32(13-4-1)36-18-11-19-40-41-28-27-39-37-16-7-10-21-44(37)50(46(39)48(41)51-47(36)40)35-25-22-31(23-26-35)33-24-29-45-42(30-33)38-17-8-9-20-43(38)49(45)34-14-5-2-6-15-34/h1-30H. The molecule has 0 aliphatic carbocycles. The highest BCUT2D eigenvalue weighted by atomic mass is 32.1. The van der Waals surface area contributed by atoms with Crippen molar-refractivity contribution in [2.45, 2.75) is 0 Å². The Morgan fingerprint density at radius 1 is 0.314 bits per heavy atom. The van der Waals surface area contributed by atoms with Gasteiger partial charge in [-0.3, -0.25) is 0 Å². The van der Waals surface area contributed by atoms with Crippen LogP contribution in [0.4, 0.5) is 0 Å². The van der Waals surface area contributed by atoms with E-state index in [2.05, 4.69) is 191 Å². The van der Waals surface area contributed by atoms with Gasteiger partial charge >= 0.3 is 0 Å². The lowest BCUT2D eigenvalue weighted by molar-refractivity contribution is 1.18. The average molecular weight is 667 g/mol. The fourth-order valence-corrected chi connectivity index (χ4v) is 9.60. The molecule has 0 aliphatic heterocycles. The normalized spacial score (nSPS) is 11.9. The molecule has 0 atom stereocenters. The highest BCUT2D eigenvalue weighted by Crippen LogP contribution is 2.46. The largest absolute Gasteiger partial charge is 0.309 e. The summed E-state index contributed by atoms with van der Waals surface area (Å²) in [6.45, 7) is 0. The second-order valence-corrected chi connectivity index (χ2v) is 14.3. The van der Waals surface area contributed by atoms with Gasteiger partial charge in [-0.25, -0.2) is 0 Å². The summed E-state index contributed by atoms with van der Waals surface area (Å²) in [4.78, 5) is 0. The van der Waals surface area contributed by atoms with Gasteiger partial charge in [0.15, 0.2) is 0 Å². The summed E-state index contributed by atoms with van der Waals surface area (Å²) >= 11 is 1.92. The predicted molar refractivity (Wildman–Crippen MR) is 219 cm³/mol. The Kier molecular flexibility index (Phi) is 6.16. The summed E-state index contributed by atoms with van der Waals surface area (Å²) < 4.78 is 7.51. The topological polar surface area (TPSA) is 9.86 Å². The van der Waals surface area contributed by atoms with Crippen LogP contribution < -0.4 is 0 Å². The zero-order valence-corrected chi connectivity index (χ0v) is 28.4. The van der Waals surface area contributed by atoms with Crippen LogP contribution in [0.3, 0.4) is 0 Å². The number of thiophene rings is 1. The van der Waals surface area contributed by atoms with E-state index in [1.165, 1.54) is 97.4 Å². The Hall–Kier alpha value is -6.42. The molecule has 3 heterocycles. The fraction of sp³-hybridized carbons (Fsp3) is 0. The summed E-state index contributed by atoms with van der Waals surface area (Å²) in [5.41, 5.74) is 12.3. The number of aromatic nitrogens is 2. The smallest absolute Gasteiger partial charge is 0.0719 e. The molecule has 0 spiro atoms. The molecule has 0 unspecified atom stereocenters. The van der Waals surface area contributed by atoms with Crippen LogP contribution in [0.2, 0.25) is 0 Å². The van der Waals surface area contributed by atoms with Gasteiger partial charge in [0.05, 0.1) is 26.8 Å². The van der Waals surface area contributed by atoms with Gasteiger partial charge in [-0.05, 0) is 70.8 Å². The second kappa shape index (κ2) is 11.0. The van der Waals surface area contributed by atoms with E-state index < -0.39 is 0 Å². The molecule has 8 aromatic carbocycles. The molecule has 0 bridgehead atoms. The van der Waals surface area contributed by atoms with E-state index in [1.807, 2.05) is 11.3 Å². The minimum absolute atomic E-state index is 1.17. The van der Waals surface area contributed by atoms with Crippen molar-refractivity contribution in [1.82, 2.24) is 9.13 Å². The monoisotopic (exact) mass is 666 g/mol. The van der Waals surface area contributed by atoms with Crippen LogP contribution in [0.5, 0.6) is 0 Å². The van der Waals surface area contributed by atoms with E-state index in [4.69, 9.17) is 0 Å². The Labute approximate surface area is 298 Å². The molecule has 2 nitrogen and oxygen atoms in total. The van der Waals surface area contributed by atoms with Crippen LogP contribution in [0.25, 0.3) is 97.4 Å². The lowest BCUT2D eigenvalue weighted by Crippen LogP contribution is -1.94. The molecule has 3 heteroatoms. The summed E-state index contributed by atoms with van der Waals surface area (Å²) in [5, 5.41) is 7.72. The van der Waals surface area contributed by atoms with Crippen LogP contribution in [-0.2, 0) is 0 Å². The highest BCUT2D eigenvalue weighted by Gasteiger charge is 2.19. The average Bonchev–Trinajstić information content (AvgIpc) is 3.86. The molecule has 0 amide bonds. The van der Waals surface area contributed by atoms with Gasteiger partial charge < -0.3 is 9.13 Å². The first-order valence-electron chi connectivity index (χ1n) is 17.4. The van der Waals surface area contributed by atoms with Gasteiger partial charge in [0.1, 0.15) is 0 Å². The lowest BCUT2D eigenvalue weighted by Gasteiger charge is -2.11. The maximum absolute atomic E-state index is 2.48. The third kappa shape index (κ3) is 4.22. The van der Waals surface area contributed by atoms with Crippen LogP contribution in [-0.4, -0.2) is 9.13 Å². The number of hydrogen-bond donors (Lipinski definition) is 0. The molecule has 51 heavy (non-hydrogen) atoms. The van der Waals surface area contributed by atoms with Crippen molar-refractivity contribution in [1.29, 1.82) is 0 Å². The molecule has 11 aromatic rings. The summed E-state index contributed by atoms with van der Waals surface area (Å²) in [5.74, 6) is 0. The summed E-state index contributed by atoms with van der Waals surface area (Å²) in [6, 6.07) is 66.4. The molecule has 0 N–H and O–H groups in total. The van der Waals surface area contributed by atoms with E-state index in [9.17, 15) is 0 Å². The van der Waals surface area contributed by atoms with Crippen LogP contribution in [0.15, 0.2) is 182 Å². The summed E-state index contributed by atoms with van der Waals surface area (Å²) in [7, 11) is 0. The van der Waals surface area contributed by atoms with Crippen molar-refractivity contribution >= 4 is 75.1 Å². The number of nitrogens with zero attached hydrogens (tertiary/aromatic N) is 2. The lowest BCUT2D eigenvalue weighted by atomic mass is 10.0. The number of fused-ring (bicyclic) bond motifs is 10. The van der Waals surface area contributed by atoms with Gasteiger partial charge in [0.25, 0.3) is 0 Å². The summed E-state index contributed by atoms with van der Waals surface area (Å²) in [6.07, 6.45) is 0. The second-order valence-electron chi connectivity index (χ2n) is 13.3. The molecular formula is C48H30N2S. The maximum Gasteiger partial charge on any atom is 0.0719 e. The number of rotatable bonds is 4. The van der Waals surface area contributed by atoms with Crippen molar-refractivity contribution in [3.05, 3.63) is 182 Å². The third-order valence-electron chi connectivity index (χ3n) is 10.5. The molecule has 238 valence electrons. The van der Waals surface area contributed by atoms with Gasteiger partial charge in [0, 0.05) is 48.4 Å². The Bertz CT molecular complexity index is 3110. The zero-order chi connectivity index (χ0) is 33.5. The minimum Gasteiger partial charge on any atom is -0.309 e. The van der Waals surface area contributed by atoms with Crippen LogP contribution in [0.1, 0.15) is 0 Å². The van der Waals surface area contributed by atoms with E-state index in [1.54, 1.807) is 0 Å². The van der Waals surface area contributed by atoms with Crippen LogP contribution in [0, 0.1) is 0 Å². The van der Waals surface area contributed by atoms with Crippen LogP contribution >= 0.6 is 11.3 Å². The molecule has 0 saturated carbocycles. The van der Waals surface area contributed by atoms with Gasteiger partial charge in [-0.15, -0.1) is 11.3 Å². The predicted octanol–water partition coefficient (Wildman–Crippen LogP) is 13.6. The Morgan fingerprint density at radius 2 is 0.882 bits per heavy atom. The molecule has 0 aliphatic rings. The van der Waals surface area contributed by atoms with Crippen molar-refractivity contribution in [3.8, 4) is 33.6 Å². The number of benzene rings is 8. The molecule has 11 rings (SSSR count). The number of hydrogen-bond acceptors (Lipinski definition) is 1. The number of para-hydroxylation sites is 3. The third-order valence-corrected chi connectivity index (χ3v) is 11.8. The molecule has 0 fully saturated rings. The first kappa shape index (κ1) is 28.4. The Morgan fingerprint density at radius 3 is 1.67 bits per heavy atom. The van der Waals surface area contributed by atoms with E-state index in [0.717, 1.165) is 0 Å². The van der Waals surface area contributed by atoms with E-state index in [-0.39, 0.29) is 0 Å². The molecule has 3 aromatic heterocycles. The highest BCUT2D eigenvalue weighted by molar-refractivity contribution is 7.27. The van der Waals surface area contributed by atoms with Crippen molar-refractivity contribution in [2.24, 2.45) is 0 Å². The SMILES string of the molecule is c1ccc(-c2cccc3c2sc2c3ccc3c4ccccc4n(-c4ccc(-c5ccc6c(c5)c5ccccc5n6-c5ccccc5)cc4)c32)cc1. The van der Waals surface area contributed by atoms with Gasteiger partial charge in [-0.2, -0.15) is 0 Å². The van der Waals surface area contributed by atoms with E-state index in [0.29, 0.717) is 0 Å². The molecule has 0 radical (unpaired) electrons. The fourth-order valence-electron chi connectivity index (χ4n) is 8.23. The molecular weight excluding hydrogens is 637 g/mol. The zero-order valence-electron chi connectivity index (χ0n) is 27.6. The van der Waals surface area contributed by atoms with Crippen molar-refractivity contribution in [3.63, 3.8) is 0 Å². The van der Waals surface area contributed by atoms with Crippen molar-refractivity contribution in [2.75, 3.05) is 0 Å². The maximum atomic E-state index is 2.48. The van der Waals surface area contributed by atoms with Crippen molar-refractivity contribution < 1.29 is 0 Å². The van der Waals surface area contributed by atoms with Gasteiger partial charge in [-0.1, -0.05) is 133 Å². The minimum atomic E-state index is 1.17. The van der Waals surface area contributed by atoms with E-state index >= 15 is 0 Å². The first-order chi connectivity index (χ1) is 25.3. The van der Waals surface area contributed by atoms with Gasteiger partial charge in [0.2, 0.25) is 0 Å². The quantitative estimate of drug-likeness (QED) is 0.177.